The SMILES string of the molecule is Br.CC(C)(C)c1nc(NC(=O)c2cc(C(F)(F)F)cc(C(F)(F)F)c2)sc1C(C[N+](=O)[O-])c1ccc(Cl)cc1. The van der Waals surface area contributed by atoms with E-state index in [0.717, 1.165) is 11.3 Å². The van der Waals surface area contributed by atoms with Crippen molar-refractivity contribution in [3.8, 4) is 0 Å². The predicted octanol–water partition coefficient (Wildman–Crippen LogP) is 8.37. The van der Waals surface area contributed by atoms with Crippen molar-refractivity contribution in [2.24, 2.45) is 0 Å². The Balaban J connectivity index is 0.00000533. The second-order valence-corrected chi connectivity index (χ2v) is 10.8. The van der Waals surface area contributed by atoms with Crippen LogP contribution in [0.4, 0.5) is 31.5 Å². The van der Waals surface area contributed by atoms with Gasteiger partial charge in [0.15, 0.2) is 5.13 Å². The summed E-state index contributed by atoms with van der Waals surface area (Å²) in [5.41, 5.74) is -3.93. The summed E-state index contributed by atoms with van der Waals surface area (Å²) in [4.78, 5) is 28.5. The predicted molar refractivity (Wildman–Crippen MR) is 141 cm³/mol. The molecule has 0 aliphatic heterocycles. The van der Waals surface area contributed by atoms with Crippen LogP contribution in [-0.2, 0) is 17.8 Å². The van der Waals surface area contributed by atoms with Gasteiger partial charge in [0, 0.05) is 25.8 Å². The number of hydrogen-bond acceptors (Lipinski definition) is 5. The molecule has 0 radical (unpaired) electrons. The molecule has 0 aliphatic carbocycles. The molecule has 0 saturated carbocycles. The summed E-state index contributed by atoms with van der Waals surface area (Å²) in [6.07, 6.45) is -10.3. The van der Waals surface area contributed by atoms with Crippen molar-refractivity contribution in [3.63, 3.8) is 0 Å². The number of alkyl halides is 6. The summed E-state index contributed by atoms with van der Waals surface area (Å²) < 4.78 is 79.3. The maximum Gasteiger partial charge on any atom is 0.416 e. The van der Waals surface area contributed by atoms with Gasteiger partial charge in [-0.05, 0) is 35.9 Å². The molecule has 0 aliphatic rings. The van der Waals surface area contributed by atoms with Gasteiger partial charge in [0.25, 0.3) is 5.91 Å². The molecule has 1 amide bonds. The fourth-order valence-corrected chi connectivity index (χ4v) is 5.01. The fourth-order valence-electron chi connectivity index (χ4n) is 3.60. The number of nitrogens with zero attached hydrogens (tertiary/aromatic N) is 2. The molecule has 6 nitrogen and oxygen atoms in total. The lowest BCUT2D eigenvalue weighted by Gasteiger charge is -2.21. The van der Waals surface area contributed by atoms with Crippen LogP contribution in [0.5, 0.6) is 0 Å². The van der Waals surface area contributed by atoms with Gasteiger partial charge in [-0.15, -0.1) is 28.3 Å². The lowest BCUT2D eigenvalue weighted by molar-refractivity contribution is -0.481. The molecular weight excluding hydrogens is 640 g/mol. The molecule has 1 aromatic heterocycles. The Hall–Kier alpha value is -2.71. The second kappa shape index (κ2) is 11.8. The van der Waals surface area contributed by atoms with Crippen LogP contribution in [0.2, 0.25) is 5.02 Å². The monoisotopic (exact) mass is 659 g/mol. The minimum Gasteiger partial charge on any atom is -0.298 e. The van der Waals surface area contributed by atoms with Crippen molar-refractivity contribution in [2.45, 2.75) is 44.5 Å². The van der Waals surface area contributed by atoms with Crippen molar-refractivity contribution in [2.75, 3.05) is 11.9 Å². The van der Waals surface area contributed by atoms with Crippen molar-refractivity contribution in [1.29, 1.82) is 0 Å². The number of hydrogen-bond donors (Lipinski definition) is 1. The third-order valence-corrected chi connectivity index (χ3v) is 6.69. The van der Waals surface area contributed by atoms with E-state index in [0.29, 0.717) is 33.3 Å². The van der Waals surface area contributed by atoms with Crippen molar-refractivity contribution in [3.05, 3.63) is 90.4 Å². The van der Waals surface area contributed by atoms with Crippen molar-refractivity contribution in [1.82, 2.24) is 4.98 Å². The Morgan fingerprint density at radius 1 is 1.03 bits per heavy atom. The van der Waals surface area contributed by atoms with Crippen molar-refractivity contribution < 1.29 is 36.1 Å². The van der Waals surface area contributed by atoms with E-state index in [4.69, 9.17) is 11.6 Å². The Morgan fingerprint density at radius 3 is 1.97 bits per heavy atom. The van der Waals surface area contributed by atoms with E-state index in [9.17, 15) is 41.3 Å². The number of carbonyl (C=O) groups is 1. The van der Waals surface area contributed by atoms with Crippen molar-refractivity contribution >= 4 is 51.0 Å². The third kappa shape index (κ3) is 8.15. The number of aromatic nitrogens is 1. The molecule has 1 unspecified atom stereocenters. The van der Waals surface area contributed by atoms with Crippen LogP contribution in [0.3, 0.4) is 0 Å². The highest BCUT2D eigenvalue weighted by atomic mass is 79.9. The molecule has 1 atom stereocenters. The number of thiazole rings is 1. The normalized spacial score (nSPS) is 13.0. The van der Waals surface area contributed by atoms with E-state index >= 15 is 0 Å². The maximum atomic E-state index is 13.2. The van der Waals surface area contributed by atoms with Gasteiger partial charge in [-0.3, -0.25) is 20.2 Å². The highest BCUT2D eigenvalue weighted by molar-refractivity contribution is 8.93. The molecule has 212 valence electrons. The highest BCUT2D eigenvalue weighted by Gasteiger charge is 2.38. The number of carbonyl (C=O) groups excluding carboxylic acids is 1. The number of halogens is 8. The first-order chi connectivity index (χ1) is 17.4. The average Bonchev–Trinajstić information content (AvgIpc) is 3.20. The van der Waals surface area contributed by atoms with E-state index in [2.05, 4.69) is 10.3 Å². The number of rotatable bonds is 6. The number of nitrogens with one attached hydrogen (secondary N) is 1. The molecule has 0 saturated heterocycles. The molecule has 3 aromatic rings. The van der Waals surface area contributed by atoms with Gasteiger partial charge in [0.05, 0.1) is 22.7 Å². The van der Waals surface area contributed by atoms with E-state index in [-0.39, 0.29) is 28.2 Å². The molecule has 15 heteroatoms. The molecule has 3 rings (SSSR count). The van der Waals surface area contributed by atoms with Gasteiger partial charge in [0.1, 0.15) is 0 Å². The molecule has 1 heterocycles. The summed E-state index contributed by atoms with van der Waals surface area (Å²) in [7, 11) is 0. The number of benzene rings is 2. The van der Waals surface area contributed by atoms with Crippen LogP contribution < -0.4 is 5.32 Å². The van der Waals surface area contributed by atoms with E-state index in [1.54, 1.807) is 45.0 Å². The zero-order valence-corrected chi connectivity index (χ0v) is 23.7. The van der Waals surface area contributed by atoms with E-state index in [1.165, 1.54) is 0 Å². The van der Waals surface area contributed by atoms with Gasteiger partial charge >= 0.3 is 12.4 Å². The number of amides is 1. The fraction of sp³-hybridized carbons (Fsp3) is 0.333. The molecule has 2 aromatic carbocycles. The zero-order valence-electron chi connectivity index (χ0n) is 20.4. The van der Waals surface area contributed by atoms with E-state index in [1.807, 2.05) is 0 Å². The van der Waals surface area contributed by atoms with Gasteiger partial charge in [-0.2, -0.15) is 26.3 Å². The molecule has 0 fully saturated rings. The summed E-state index contributed by atoms with van der Waals surface area (Å²) in [6, 6.07) is 6.85. The largest absolute Gasteiger partial charge is 0.416 e. The topological polar surface area (TPSA) is 85.1 Å². The van der Waals surface area contributed by atoms with Crippen LogP contribution in [0, 0.1) is 10.1 Å². The molecule has 39 heavy (non-hydrogen) atoms. The molecule has 0 spiro atoms. The Morgan fingerprint density at radius 2 is 1.54 bits per heavy atom. The summed E-state index contributed by atoms with van der Waals surface area (Å²) in [6.45, 7) is 4.77. The first kappa shape index (κ1) is 32.5. The Labute approximate surface area is 238 Å². The standard InChI is InChI=1S/C24H20ClF6N3O3S.BrH/c1-22(2,3)19-18(17(11-34(36)37)12-4-6-16(25)7-5-12)38-21(32-19)33-20(35)13-8-14(23(26,27)28)10-15(9-13)24(29,30)31;/h4-10,17H,11H2,1-3H3,(H,32,33,35);1H. The summed E-state index contributed by atoms with van der Waals surface area (Å²) >= 11 is 6.79. The first-order valence-electron chi connectivity index (χ1n) is 10.9. The quantitative estimate of drug-likeness (QED) is 0.164. The van der Waals surface area contributed by atoms with Gasteiger partial charge in [-0.1, -0.05) is 44.5 Å². The van der Waals surface area contributed by atoms with Crippen LogP contribution >= 0.6 is 39.9 Å². The molecule has 1 N–H and O–H groups in total. The van der Waals surface area contributed by atoms with E-state index < -0.39 is 57.8 Å². The molecular formula is C24H21BrClF6N3O3S. The highest BCUT2D eigenvalue weighted by Crippen LogP contribution is 2.41. The lowest BCUT2D eigenvalue weighted by Crippen LogP contribution is -2.20. The third-order valence-electron chi connectivity index (χ3n) is 5.35. The van der Waals surface area contributed by atoms with Gasteiger partial charge in [-0.25, -0.2) is 4.98 Å². The van der Waals surface area contributed by atoms with Crippen LogP contribution in [0.15, 0.2) is 42.5 Å². The van der Waals surface area contributed by atoms with Crippen LogP contribution in [-0.4, -0.2) is 22.4 Å². The summed E-state index contributed by atoms with van der Waals surface area (Å²) in [5.74, 6) is -2.07. The molecule has 0 bridgehead atoms. The second-order valence-electron chi connectivity index (χ2n) is 9.35. The van der Waals surface area contributed by atoms with Gasteiger partial charge in [0.2, 0.25) is 6.54 Å². The number of anilines is 1. The minimum atomic E-state index is -5.13. The van der Waals surface area contributed by atoms with Gasteiger partial charge < -0.3 is 0 Å². The first-order valence-corrected chi connectivity index (χ1v) is 12.0. The maximum absolute atomic E-state index is 13.2. The lowest BCUT2D eigenvalue weighted by atomic mass is 9.86. The number of nitro groups is 1. The van der Waals surface area contributed by atoms with Crippen LogP contribution in [0.1, 0.15) is 64.3 Å². The average molecular weight is 661 g/mol. The summed E-state index contributed by atoms with van der Waals surface area (Å²) in [5, 5.41) is 14.0. The minimum absolute atomic E-state index is 0. The smallest absolute Gasteiger partial charge is 0.298 e. The zero-order chi connectivity index (χ0) is 28.6. The Bertz CT molecular complexity index is 1320. The Kier molecular flexibility index (Phi) is 9.84. The van der Waals surface area contributed by atoms with Crippen LogP contribution in [0.25, 0.3) is 0 Å².